The van der Waals surface area contributed by atoms with E-state index < -0.39 is 24.0 Å². The minimum absolute atomic E-state index is 0.00408. The number of amides is 1. The molecule has 0 aliphatic carbocycles. The number of hydrogen-bond acceptors (Lipinski definition) is 4. The number of alkyl halides is 2. The monoisotopic (exact) mass is 329 g/mol. The highest BCUT2D eigenvalue weighted by Gasteiger charge is 2.41. The van der Waals surface area contributed by atoms with Gasteiger partial charge >= 0.3 is 12.6 Å². The number of halogens is 2. The molecule has 1 amide bonds. The topological polar surface area (TPSA) is 84.9 Å². The molecule has 1 aliphatic heterocycles. The summed E-state index contributed by atoms with van der Waals surface area (Å²) in [5, 5.41) is 11.9. The van der Waals surface area contributed by atoms with E-state index in [0.717, 1.165) is 0 Å². The normalized spacial score (nSPS) is 16.8. The van der Waals surface area contributed by atoms with Crippen molar-refractivity contribution >= 4 is 11.9 Å². The number of hydrogen-bond donors (Lipinski definition) is 2. The zero-order valence-electron chi connectivity index (χ0n) is 12.3. The summed E-state index contributed by atoms with van der Waals surface area (Å²) >= 11 is 0. The van der Waals surface area contributed by atoms with Gasteiger partial charge in [0.05, 0.1) is 6.42 Å². The summed E-state index contributed by atoms with van der Waals surface area (Å²) in [5.74, 6) is -1.54. The van der Waals surface area contributed by atoms with E-state index in [4.69, 9.17) is 4.74 Å². The fourth-order valence-electron chi connectivity index (χ4n) is 2.40. The third-order valence-electron chi connectivity index (χ3n) is 3.65. The summed E-state index contributed by atoms with van der Waals surface area (Å²) < 4.78 is 33.5. The Bertz CT molecular complexity index is 555. The molecule has 1 heterocycles. The summed E-state index contributed by atoms with van der Waals surface area (Å²) in [7, 11) is 0. The summed E-state index contributed by atoms with van der Waals surface area (Å²) in [6, 6.07) is 5.62. The van der Waals surface area contributed by atoms with Gasteiger partial charge in [-0.3, -0.25) is 4.79 Å². The number of ether oxygens (including phenoxy) is 2. The standard InChI is InChI=1S/C15H17F2NO5/c16-14(17)23-11-3-1-10(2-4-11)9-12(19)18-15(13(20)21)5-7-22-8-6-15/h1-4,14H,5-9H2,(H,18,19)(H,20,21). The number of nitrogens with one attached hydrogen (secondary N) is 1. The molecular weight excluding hydrogens is 312 g/mol. The smallest absolute Gasteiger partial charge is 0.387 e. The van der Waals surface area contributed by atoms with Crippen LogP contribution < -0.4 is 10.1 Å². The highest BCUT2D eigenvalue weighted by Crippen LogP contribution is 2.21. The molecule has 2 rings (SSSR count). The third-order valence-corrected chi connectivity index (χ3v) is 3.65. The van der Waals surface area contributed by atoms with Crippen LogP contribution in [-0.2, 0) is 20.7 Å². The number of aliphatic carboxylic acids is 1. The Morgan fingerprint density at radius 2 is 1.87 bits per heavy atom. The van der Waals surface area contributed by atoms with Crippen LogP contribution >= 0.6 is 0 Å². The Morgan fingerprint density at radius 1 is 1.26 bits per heavy atom. The minimum Gasteiger partial charge on any atom is -0.480 e. The number of rotatable bonds is 6. The summed E-state index contributed by atoms with van der Waals surface area (Å²) in [6.45, 7) is -2.37. The Labute approximate surface area is 131 Å². The average molecular weight is 329 g/mol. The van der Waals surface area contributed by atoms with Gasteiger partial charge in [-0.1, -0.05) is 12.1 Å². The van der Waals surface area contributed by atoms with Crippen LogP contribution in [0.15, 0.2) is 24.3 Å². The Kier molecular flexibility index (Phi) is 5.49. The lowest BCUT2D eigenvalue weighted by Crippen LogP contribution is -2.57. The van der Waals surface area contributed by atoms with Crippen molar-refractivity contribution in [2.45, 2.75) is 31.4 Å². The van der Waals surface area contributed by atoms with E-state index in [1.54, 1.807) is 0 Å². The van der Waals surface area contributed by atoms with Gasteiger partial charge in [0.15, 0.2) is 0 Å². The van der Waals surface area contributed by atoms with Crippen LogP contribution in [0.3, 0.4) is 0 Å². The van der Waals surface area contributed by atoms with Crippen molar-refractivity contribution in [2.75, 3.05) is 13.2 Å². The SMILES string of the molecule is O=C(Cc1ccc(OC(F)F)cc1)NC1(C(=O)O)CCOCC1. The largest absolute Gasteiger partial charge is 0.480 e. The molecule has 0 saturated carbocycles. The lowest BCUT2D eigenvalue weighted by molar-refractivity contribution is -0.152. The second kappa shape index (κ2) is 7.36. The number of carbonyl (C=O) groups is 2. The van der Waals surface area contributed by atoms with Gasteiger partial charge in [0.1, 0.15) is 11.3 Å². The van der Waals surface area contributed by atoms with Crippen LogP contribution in [0.1, 0.15) is 18.4 Å². The van der Waals surface area contributed by atoms with Crippen LogP contribution in [0, 0.1) is 0 Å². The van der Waals surface area contributed by atoms with E-state index in [1.165, 1.54) is 24.3 Å². The molecule has 8 heteroatoms. The van der Waals surface area contributed by atoms with E-state index >= 15 is 0 Å². The van der Waals surface area contributed by atoms with Crippen LogP contribution in [0.5, 0.6) is 5.75 Å². The number of benzene rings is 1. The van der Waals surface area contributed by atoms with Crippen molar-refractivity contribution in [3.8, 4) is 5.75 Å². The molecule has 6 nitrogen and oxygen atoms in total. The number of carboxylic acid groups (broad SMARTS) is 1. The van der Waals surface area contributed by atoms with E-state index in [0.29, 0.717) is 5.56 Å². The molecule has 0 atom stereocenters. The van der Waals surface area contributed by atoms with E-state index in [2.05, 4.69) is 10.1 Å². The van der Waals surface area contributed by atoms with Crippen molar-refractivity contribution in [2.24, 2.45) is 0 Å². The molecule has 1 fully saturated rings. The second-order valence-corrected chi connectivity index (χ2v) is 5.25. The second-order valence-electron chi connectivity index (χ2n) is 5.25. The van der Waals surface area contributed by atoms with E-state index in [1.807, 2.05) is 0 Å². The van der Waals surface area contributed by atoms with Gasteiger partial charge in [-0.25, -0.2) is 4.79 Å². The molecule has 0 unspecified atom stereocenters. The molecule has 126 valence electrons. The van der Waals surface area contributed by atoms with Gasteiger partial charge in [-0.15, -0.1) is 0 Å². The molecule has 1 aliphatic rings. The zero-order valence-corrected chi connectivity index (χ0v) is 12.3. The number of carboxylic acids is 1. The molecule has 23 heavy (non-hydrogen) atoms. The van der Waals surface area contributed by atoms with E-state index in [-0.39, 0.29) is 38.2 Å². The fourth-order valence-corrected chi connectivity index (χ4v) is 2.40. The van der Waals surface area contributed by atoms with Crippen LogP contribution in [-0.4, -0.2) is 42.3 Å². The van der Waals surface area contributed by atoms with Crippen molar-refractivity contribution < 1.29 is 33.0 Å². The first-order valence-corrected chi connectivity index (χ1v) is 7.07. The van der Waals surface area contributed by atoms with Crippen LogP contribution in [0.4, 0.5) is 8.78 Å². The predicted molar refractivity (Wildman–Crippen MR) is 75.3 cm³/mol. The summed E-state index contributed by atoms with van der Waals surface area (Å²) in [4.78, 5) is 23.5. The molecule has 1 aromatic rings. The highest BCUT2D eigenvalue weighted by molar-refractivity contribution is 5.88. The number of carbonyl (C=O) groups excluding carboxylic acids is 1. The zero-order chi connectivity index (χ0) is 16.9. The quantitative estimate of drug-likeness (QED) is 0.828. The van der Waals surface area contributed by atoms with Gasteiger partial charge in [0.2, 0.25) is 5.91 Å². The molecule has 0 radical (unpaired) electrons. The molecule has 1 saturated heterocycles. The lowest BCUT2D eigenvalue weighted by atomic mass is 9.90. The molecule has 2 N–H and O–H groups in total. The van der Waals surface area contributed by atoms with Gasteiger partial charge in [0, 0.05) is 26.1 Å². The molecular formula is C15H17F2NO5. The van der Waals surface area contributed by atoms with Crippen LogP contribution in [0.25, 0.3) is 0 Å². The molecule has 0 aromatic heterocycles. The fraction of sp³-hybridized carbons (Fsp3) is 0.467. The summed E-state index contributed by atoms with van der Waals surface area (Å²) in [6.07, 6.45) is 0.356. The van der Waals surface area contributed by atoms with Crippen LogP contribution in [0.2, 0.25) is 0 Å². The van der Waals surface area contributed by atoms with Crippen molar-refractivity contribution in [1.82, 2.24) is 5.32 Å². The molecule has 1 aromatic carbocycles. The summed E-state index contributed by atoms with van der Waals surface area (Å²) in [5.41, 5.74) is -0.745. The van der Waals surface area contributed by atoms with Gasteiger partial charge < -0.3 is 19.9 Å². The van der Waals surface area contributed by atoms with Gasteiger partial charge in [0.25, 0.3) is 0 Å². The maximum absolute atomic E-state index is 12.1. The Balaban J connectivity index is 1.96. The Hall–Kier alpha value is -2.22. The first-order valence-electron chi connectivity index (χ1n) is 7.07. The lowest BCUT2D eigenvalue weighted by Gasteiger charge is -2.33. The first-order chi connectivity index (χ1) is 10.9. The Morgan fingerprint density at radius 3 is 2.39 bits per heavy atom. The van der Waals surface area contributed by atoms with Gasteiger partial charge in [-0.05, 0) is 17.7 Å². The van der Waals surface area contributed by atoms with Crippen molar-refractivity contribution in [1.29, 1.82) is 0 Å². The highest BCUT2D eigenvalue weighted by atomic mass is 19.3. The maximum atomic E-state index is 12.1. The van der Waals surface area contributed by atoms with Crippen molar-refractivity contribution in [3.05, 3.63) is 29.8 Å². The van der Waals surface area contributed by atoms with Crippen molar-refractivity contribution in [3.63, 3.8) is 0 Å². The molecule has 0 bridgehead atoms. The average Bonchev–Trinajstić information content (AvgIpc) is 2.49. The molecule has 0 spiro atoms. The van der Waals surface area contributed by atoms with E-state index in [9.17, 15) is 23.5 Å². The first kappa shape index (κ1) is 17.1. The maximum Gasteiger partial charge on any atom is 0.387 e. The minimum atomic E-state index is -2.91. The predicted octanol–water partition coefficient (Wildman–Crippen LogP) is 1.58. The van der Waals surface area contributed by atoms with Gasteiger partial charge in [-0.2, -0.15) is 8.78 Å². The third kappa shape index (κ3) is 4.62.